The van der Waals surface area contributed by atoms with Crippen molar-refractivity contribution in [3.63, 3.8) is 0 Å². The number of hydrogen-bond acceptors (Lipinski definition) is 3. The van der Waals surface area contributed by atoms with Gasteiger partial charge in [0.1, 0.15) is 11.5 Å². The van der Waals surface area contributed by atoms with E-state index in [1.165, 1.54) is 0 Å². The summed E-state index contributed by atoms with van der Waals surface area (Å²) >= 11 is 0. The summed E-state index contributed by atoms with van der Waals surface area (Å²) in [5, 5.41) is 0. The average Bonchev–Trinajstić information content (AvgIpc) is 2.70. The van der Waals surface area contributed by atoms with Gasteiger partial charge in [0, 0.05) is 4.90 Å². The van der Waals surface area contributed by atoms with E-state index in [0.29, 0.717) is 6.61 Å². The highest BCUT2D eigenvalue weighted by atomic mass is 32.5. The van der Waals surface area contributed by atoms with Crippen molar-refractivity contribution in [2.45, 2.75) is 24.7 Å². The summed E-state index contributed by atoms with van der Waals surface area (Å²) < 4.78 is 19.2. The molecule has 0 aliphatic heterocycles. The summed E-state index contributed by atoms with van der Waals surface area (Å²) in [5.41, 5.74) is 0. The van der Waals surface area contributed by atoms with Crippen molar-refractivity contribution in [3.8, 4) is 11.5 Å². The fourth-order valence-electron chi connectivity index (χ4n) is 2.33. The van der Waals surface area contributed by atoms with Gasteiger partial charge in [-0.05, 0) is 42.8 Å². The number of unbranched alkanes of at least 4 members (excludes halogenated alkanes) is 1. The molecule has 5 heteroatoms. The van der Waals surface area contributed by atoms with Crippen LogP contribution in [0.2, 0.25) is 0 Å². The Labute approximate surface area is 165 Å². The van der Waals surface area contributed by atoms with Gasteiger partial charge < -0.3 is 9.05 Å². The highest BCUT2D eigenvalue weighted by molar-refractivity contribution is 8.17. The fraction of sp³-hybridized carbons (Fsp3) is 0.182. The lowest BCUT2D eigenvalue weighted by Gasteiger charge is -2.26. The standard InChI is InChI=1S/C22H25O3PS/c1-2-3-19-23-26(24-20-13-7-4-8-14-20,25-21-15-9-5-10-16-21)27-22-17-11-6-12-18-22/h4-18,27H,2-3,19H2,1H3. The molecule has 3 aromatic rings. The van der Waals surface area contributed by atoms with Crippen molar-refractivity contribution >= 4 is 17.7 Å². The zero-order valence-electron chi connectivity index (χ0n) is 15.4. The maximum atomic E-state index is 6.41. The Morgan fingerprint density at radius 3 is 1.67 bits per heavy atom. The summed E-state index contributed by atoms with van der Waals surface area (Å²) in [5.74, 6) is 1.50. The van der Waals surface area contributed by atoms with E-state index >= 15 is 0 Å². The summed E-state index contributed by atoms with van der Waals surface area (Å²) in [6.07, 6.45) is 2.02. The first kappa shape index (κ1) is 19.8. The van der Waals surface area contributed by atoms with Crippen LogP contribution in [0.3, 0.4) is 0 Å². The lowest BCUT2D eigenvalue weighted by Crippen LogP contribution is -2.08. The molecule has 0 radical (unpaired) electrons. The average molecular weight is 400 g/mol. The van der Waals surface area contributed by atoms with Crippen LogP contribution in [-0.2, 0) is 15.5 Å². The lowest BCUT2D eigenvalue weighted by atomic mass is 10.3. The monoisotopic (exact) mass is 400 g/mol. The highest BCUT2D eigenvalue weighted by Gasteiger charge is 2.25. The fourth-order valence-corrected chi connectivity index (χ4v) is 6.81. The third-order valence-electron chi connectivity index (χ3n) is 3.67. The summed E-state index contributed by atoms with van der Waals surface area (Å²) in [4.78, 5) is 1.11. The largest absolute Gasteiger partial charge is 0.419 e. The topological polar surface area (TPSA) is 27.7 Å². The van der Waals surface area contributed by atoms with Gasteiger partial charge in [-0.1, -0.05) is 78.9 Å². The Balaban J connectivity index is 2.03. The number of benzene rings is 3. The molecule has 0 bridgehead atoms. The number of para-hydroxylation sites is 2. The van der Waals surface area contributed by atoms with Crippen molar-refractivity contribution in [2.24, 2.45) is 0 Å². The number of thiol groups is 1. The summed E-state index contributed by atoms with van der Waals surface area (Å²) in [7, 11) is 0.897. The molecule has 0 saturated carbocycles. The van der Waals surface area contributed by atoms with Gasteiger partial charge in [-0.25, -0.2) is 0 Å². The Kier molecular flexibility index (Phi) is 7.58. The molecule has 0 fully saturated rings. The smallest absolute Gasteiger partial charge is 0.392 e. The van der Waals surface area contributed by atoms with Gasteiger partial charge in [0.05, 0.1) is 6.61 Å². The molecule has 0 aromatic heterocycles. The lowest BCUT2D eigenvalue weighted by molar-refractivity contribution is 0.257. The first-order valence-corrected chi connectivity index (χ1v) is 12.3. The SMILES string of the molecule is CCCCOP(Oc1ccccc1)(Oc1ccccc1)=[SH]c1ccccc1. The van der Waals surface area contributed by atoms with E-state index in [2.05, 4.69) is 19.1 Å². The maximum absolute atomic E-state index is 6.41. The van der Waals surface area contributed by atoms with Gasteiger partial charge in [-0.15, -0.1) is 0 Å². The highest BCUT2D eigenvalue weighted by Crippen LogP contribution is 2.53. The molecule has 142 valence electrons. The molecule has 0 aliphatic rings. The zero-order valence-corrected chi connectivity index (χ0v) is 17.2. The van der Waals surface area contributed by atoms with Crippen molar-refractivity contribution in [1.82, 2.24) is 0 Å². The predicted octanol–water partition coefficient (Wildman–Crippen LogP) is 6.51. The zero-order chi connectivity index (χ0) is 18.8. The first-order valence-electron chi connectivity index (χ1n) is 9.11. The van der Waals surface area contributed by atoms with Crippen LogP contribution in [0, 0.1) is 0 Å². The number of rotatable bonds is 9. The van der Waals surface area contributed by atoms with Crippen molar-refractivity contribution in [1.29, 1.82) is 0 Å². The minimum atomic E-state index is -2.72. The van der Waals surface area contributed by atoms with Gasteiger partial charge in [0.15, 0.2) is 0 Å². The second-order valence-electron chi connectivity index (χ2n) is 5.90. The Bertz CT molecular complexity index is 809. The van der Waals surface area contributed by atoms with Gasteiger partial charge in [-0.2, -0.15) is 0 Å². The van der Waals surface area contributed by atoms with Crippen LogP contribution in [-0.4, -0.2) is 6.61 Å². The van der Waals surface area contributed by atoms with Crippen LogP contribution in [0.5, 0.6) is 11.5 Å². The predicted molar refractivity (Wildman–Crippen MR) is 115 cm³/mol. The van der Waals surface area contributed by atoms with Crippen molar-refractivity contribution in [2.75, 3.05) is 6.61 Å². The van der Waals surface area contributed by atoms with E-state index < -0.39 is 6.72 Å². The minimum absolute atomic E-state index is 0.601. The van der Waals surface area contributed by atoms with E-state index in [9.17, 15) is 0 Å². The molecule has 0 saturated heterocycles. The maximum Gasteiger partial charge on any atom is 0.392 e. The minimum Gasteiger partial charge on any atom is -0.419 e. The quantitative estimate of drug-likeness (QED) is 0.252. The normalized spacial score (nSPS) is 11.1. The second kappa shape index (κ2) is 10.4. The molecule has 0 heterocycles. The molecule has 3 aromatic carbocycles. The van der Waals surface area contributed by atoms with Crippen LogP contribution in [0.4, 0.5) is 0 Å². The molecular formula is C22H25O3PS. The van der Waals surface area contributed by atoms with Crippen molar-refractivity contribution in [3.05, 3.63) is 91.0 Å². The molecule has 3 nitrogen and oxygen atoms in total. The Morgan fingerprint density at radius 1 is 0.704 bits per heavy atom. The van der Waals surface area contributed by atoms with Gasteiger partial charge in [0.25, 0.3) is 0 Å². The van der Waals surface area contributed by atoms with E-state index in [4.69, 9.17) is 13.6 Å². The Morgan fingerprint density at radius 2 is 1.19 bits per heavy atom. The van der Waals surface area contributed by atoms with E-state index in [1.807, 2.05) is 78.9 Å². The third kappa shape index (κ3) is 6.28. The molecular weight excluding hydrogens is 375 g/mol. The van der Waals surface area contributed by atoms with E-state index in [-0.39, 0.29) is 0 Å². The van der Waals surface area contributed by atoms with Crippen LogP contribution < -0.4 is 9.05 Å². The van der Waals surface area contributed by atoms with Gasteiger partial charge >= 0.3 is 6.72 Å². The summed E-state index contributed by atoms with van der Waals surface area (Å²) in [6, 6.07) is 29.7. The van der Waals surface area contributed by atoms with E-state index in [1.54, 1.807) is 0 Å². The Hall–Kier alpha value is -2.00. The van der Waals surface area contributed by atoms with Crippen LogP contribution in [0.15, 0.2) is 95.9 Å². The van der Waals surface area contributed by atoms with E-state index in [0.717, 1.165) is 40.2 Å². The third-order valence-corrected chi connectivity index (χ3v) is 8.10. The molecule has 0 N–H and O–H groups in total. The second-order valence-corrected chi connectivity index (χ2v) is 10.2. The summed E-state index contributed by atoms with van der Waals surface area (Å²) in [6.45, 7) is 0.0289. The van der Waals surface area contributed by atoms with Crippen LogP contribution in [0.25, 0.3) is 0 Å². The molecule has 3 rings (SSSR count). The van der Waals surface area contributed by atoms with Gasteiger partial charge in [-0.3, -0.25) is 4.52 Å². The number of hydrogen-bond donors (Lipinski definition) is 1. The first-order chi connectivity index (χ1) is 13.3. The molecule has 0 aliphatic carbocycles. The van der Waals surface area contributed by atoms with Crippen LogP contribution in [0.1, 0.15) is 19.8 Å². The van der Waals surface area contributed by atoms with Crippen LogP contribution >= 0.6 is 6.72 Å². The van der Waals surface area contributed by atoms with Gasteiger partial charge in [0.2, 0.25) is 0 Å². The molecule has 0 atom stereocenters. The molecule has 0 spiro atoms. The molecule has 0 amide bonds. The van der Waals surface area contributed by atoms with Crippen molar-refractivity contribution < 1.29 is 13.6 Å². The molecule has 27 heavy (non-hydrogen) atoms. The molecule has 0 unspecified atom stereocenters.